The molecule has 0 aromatic heterocycles. The van der Waals surface area contributed by atoms with Crippen molar-refractivity contribution in [3.05, 3.63) is 66.2 Å². The lowest BCUT2D eigenvalue weighted by molar-refractivity contribution is -0.116. The van der Waals surface area contributed by atoms with Crippen LogP contribution in [0, 0.1) is 0 Å². The normalized spacial score (nSPS) is 10.4. The molecule has 0 bridgehead atoms. The van der Waals surface area contributed by atoms with E-state index in [1.54, 1.807) is 37.3 Å². The summed E-state index contributed by atoms with van der Waals surface area (Å²) in [5.41, 5.74) is 2.36. The van der Waals surface area contributed by atoms with E-state index in [0.29, 0.717) is 17.8 Å². The smallest absolute Gasteiger partial charge is 0.248 e. The highest BCUT2D eigenvalue weighted by molar-refractivity contribution is 6.02. The molecule has 2 rings (SSSR count). The molecule has 0 saturated heterocycles. The Morgan fingerprint density at radius 2 is 1.50 bits per heavy atom. The number of amides is 2. The Bertz CT molecular complexity index is 661. The molecule has 0 aliphatic rings. The van der Waals surface area contributed by atoms with E-state index in [4.69, 9.17) is 0 Å². The zero-order valence-electron chi connectivity index (χ0n) is 12.4. The lowest BCUT2D eigenvalue weighted by Gasteiger charge is -2.06. The number of carbonyl (C=O) groups excluding carboxylic acids is 2. The second kappa shape index (κ2) is 7.78. The van der Waals surface area contributed by atoms with Gasteiger partial charge in [0.25, 0.3) is 0 Å². The van der Waals surface area contributed by atoms with Crippen LogP contribution in [0.3, 0.4) is 0 Å². The molecule has 0 fully saturated rings. The number of hydrogen-bond donors (Lipinski definition) is 2. The van der Waals surface area contributed by atoms with Gasteiger partial charge in [-0.15, -0.1) is 0 Å². The summed E-state index contributed by atoms with van der Waals surface area (Å²) < 4.78 is 0. The molecular weight excluding hydrogens is 276 g/mol. The van der Waals surface area contributed by atoms with Gasteiger partial charge < -0.3 is 10.6 Å². The van der Waals surface area contributed by atoms with Crippen molar-refractivity contribution in [3.8, 4) is 0 Å². The quantitative estimate of drug-likeness (QED) is 0.826. The third-order valence-corrected chi connectivity index (χ3v) is 2.98. The number of benzene rings is 2. The van der Waals surface area contributed by atoms with Crippen LogP contribution in [0.15, 0.2) is 60.7 Å². The zero-order chi connectivity index (χ0) is 15.8. The highest BCUT2D eigenvalue weighted by Gasteiger charge is 2.00. The first-order valence-electron chi connectivity index (χ1n) is 7.11. The van der Waals surface area contributed by atoms with E-state index in [-0.39, 0.29) is 11.8 Å². The van der Waals surface area contributed by atoms with Gasteiger partial charge in [0.05, 0.1) is 0 Å². The molecule has 0 saturated carbocycles. The first-order chi connectivity index (χ1) is 10.7. The standard InChI is InChI=1S/C18H18N2O2/c1-2-17(21)19-15-9-11-16(12-10-15)20-18(22)13-8-14-6-4-3-5-7-14/h3-13H,2H2,1H3,(H,19,21)(H,20,22). The number of hydrogen-bond acceptors (Lipinski definition) is 2. The van der Waals surface area contributed by atoms with E-state index < -0.39 is 0 Å². The first-order valence-corrected chi connectivity index (χ1v) is 7.11. The van der Waals surface area contributed by atoms with Gasteiger partial charge >= 0.3 is 0 Å². The van der Waals surface area contributed by atoms with Crippen LogP contribution < -0.4 is 10.6 Å². The van der Waals surface area contributed by atoms with E-state index in [1.165, 1.54) is 6.08 Å². The minimum atomic E-state index is -0.200. The van der Waals surface area contributed by atoms with Gasteiger partial charge in [-0.1, -0.05) is 37.3 Å². The summed E-state index contributed by atoms with van der Waals surface area (Å²) >= 11 is 0. The molecule has 4 nitrogen and oxygen atoms in total. The zero-order valence-corrected chi connectivity index (χ0v) is 12.4. The molecule has 2 aromatic carbocycles. The van der Waals surface area contributed by atoms with E-state index in [2.05, 4.69) is 10.6 Å². The number of nitrogens with one attached hydrogen (secondary N) is 2. The van der Waals surface area contributed by atoms with E-state index in [9.17, 15) is 9.59 Å². The molecule has 0 unspecified atom stereocenters. The second-order valence-corrected chi connectivity index (χ2v) is 4.71. The highest BCUT2D eigenvalue weighted by Crippen LogP contribution is 2.14. The van der Waals surface area contributed by atoms with Crippen molar-refractivity contribution >= 4 is 29.3 Å². The topological polar surface area (TPSA) is 58.2 Å². The Hall–Kier alpha value is -2.88. The van der Waals surface area contributed by atoms with Crippen LogP contribution in [-0.2, 0) is 9.59 Å². The summed E-state index contributed by atoms with van der Waals surface area (Å²) in [4.78, 5) is 23.1. The van der Waals surface area contributed by atoms with Crippen LogP contribution in [0.25, 0.3) is 6.08 Å². The largest absolute Gasteiger partial charge is 0.326 e. The van der Waals surface area contributed by atoms with Gasteiger partial charge in [0.2, 0.25) is 11.8 Å². The van der Waals surface area contributed by atoms with Gasteiger partial charge in [0, 0.05) is 23.9 Å². The minimum absolute atomic E-state index is 0.0393. The van der Waals surface area contributed by atoms with Crippen LogP contribution in [0.2, 0.25) is 0 Å². The Morgan fingerprint density at radius 3 is 2.09 bits per heavy atom. The lowest BCUT2D eigenvalue weighted by Crippen LogP contribution is -2.10. The molecule has 0 heterocycles. The van der Waals surface area contributed by atoms with Crippen LogP contribution in [0.4, 0.5) is 11.4 Å². The van der Waals surface area contributed by atoms with Crippen molar-refractivity contribution in [2.75, 3.05) is 10.6 Å². The molecule has 4 heteroatoms. The van der Waals surface area contributed by atoms with Crippen molar-refractivity contribution in [2.24, 2.45) is 0 Å². The summed E-state index contributed by atoms with van der Waals surface area (Å²) in [6, 6.07) is 16.6. The predicted octanol–water partition coefficient (Wildman–Crippen LogP) is 3.69. The summed E-state index contributed by atoms with van der Waals surface area (Å²) in [7, 11) is 0. The lowest BCUT2D eigenvalue weighted by atomic mass is 10.2. The third-order valence-electron chi connectivity index (χ3n) is 2.98. The van der Waals surface area contributed by atoms with Gasteiger partial charge in [0.1, 0.15) is 0 Å². The molecule has 0 radical (unpaired) electrons. The molecular formula is C18H18N2O2. The molecule has 22 heavy (non-hydrogen) atoms. The molecule has 2 N–H and O–H groups in total. The predicted molar refractivity (Wildman–Crippen MR) is 89.5 cm³/mol. The molecule has 2 aromatic rings. The second-order valence-electron chi connectivity index (χ2n) is 4.71. The molecule has 0 aliphatic carbocycles. The molecule has 0 atom stereocenters. The third kappa shape index (κ3) is 4.90. The monoisotopic (exact) mass is 294 g/mol. The fourth-order valence-electron chi connectivity index (χ4n) is 1.81. The van der Waals surface area contributed by atoms with Gasteiger partial charge in [-0.25, -0.2) is 0 Å². The molecule has 2 amide bonds. The molecule has 0 spiro atoms. The van der Waals surface area contributed by atoms with Crippen LogP contribution in [-0.4, -0.2) is 11.8 Å². The average Bonchev–Trinajstić information content (AvgIpc) is 2.55. The Morgan fingerprint density at radius 1 is 0.909 bits per heavy atom. The van der Waals surface area contributed by atoms with Crippen molar-refractivity contribution in [1.29, 1.82) is 0 Å². The first kappa shape index (κ1) is 15.5. The summed E-state index contributed by atoms with van der Waals surface area (Å²) in [5.74, 6) is -0.239. The van der Waals surface area contributed by atoms with Crippen LogP contribution >= 0.6 is 0 Å². The van der Waals surface area contributed by atoms with Gasteiger partial charge in [-0.2, -0.15) is 0 Å². The van der Waals surface area contributed by atoms with Gasteiger partial charge in [-0.3, -0.25) is 9.59 Å². The van der Waals surface area contributed by atoms with Crippen LogP contribution in [0.1, 0.15) is 18.9 Å². The Labute approximate surface area is 129 Å². The summed E-state index contributed by atoms with van der Waals surface area (Å²) in [6.07, 6.45) is 3.68. The van der Waals surface area contributed by atoms with Gasteiger partial charge in [-0.05, 0) is 35.9 Å². The summed E-state index contributed by atoms with van der Waals surface area (Å²) in [5, 5.41) is 5.52. The average molecular weight is 294 g/mol. The fourth-order valence-corrected chi connectivity index (χ4v) is 1.81. The fraction of sp³-hybridized carbons (Fsp3) is 0.111. The van der Waals surface area contributed by atoms with E-state index in [1.807, 2.05) is 30.3 Å². The Balaban J connectivity index is 1.91. The van der Waals surface area contributed by atoms with Crippen molar-refractivity contribution in [2.45, 2.75) is 13.3 Å². The Kier molecular flexibility index (Phi) is 5.49. The van der Waals surface area contributed by atoms with Crippen molar-refractivity contribution in [3.63, 3.8) is 0 Å². The maximum Gasteiger partial charge on any atom is 0.248 e. The number of rotatable bonds is 5. The molecule has 112 valence electrons. The highest BCUT2D eigenvalue weighted by atomic mass is 16.2. The van der Waals surface area contributed by atoms with Crippen molar-refractivity contribution in [1.82, 2.24) is 0 Å². The van der Waals surface area contributed by atoms with Crippen molar-refractivity contribution < 1.29 is 9.59 Å². The molecule has 0 aliphatic heterocycles. The minimum Gasteiger partial charge on any atom is -0.326 e. The maximum absolute atomic E-state index is 11.8. The number of carbonyl (C=O) groups is 2. The van der Waals surface area contributed by atoms with E-state index >= 15 is 0 Å². The van der Waals surface area contributed by atoms with E-state index in [0.717, 1.165) is 5.56 Å². The van der Waals surface area contributed by atoms with Gasteiger partial charge in [0.15, 0.2) is 0 Å². The SMILES string of the molecule is CCC(=O)Nc1ccc(NC(=O)C=Cc2ccccc2)cc1. The summed E-state index contributed by atoms with van der Waals surface area (Å²) in [6.45, 7) is 1.79. The maximum atomic E-state index is 11.8. The number of anilines is 2. The van der Waals surface area contributed by atoms with Crippen LogP contribution in [0.5, 0.6) is 0 Å².